The second-order valence-corrected chi connectivity index (χ2v) is 4.39. The molecule has 19 heavy (non-hydrogen) atoms. The third-order valence-electron chi connectivity index (χ3n) is 2.36. The molecule has 0 bridgehead atoms. The largest absolute Gasteiger partial charge is 0.354 e. The number of non-ortho nitro benzene ring substituents is 1. The summed E-state index contributed by atoms with van der Waals surface area (Å²) in [5.74, 6) is -0.449. The Balaban J connectivity index is 2.81. The predicted octanol–water partition coefficient (Wildman–Crippen LogP) is 1.71. The van der Waals surface area contributed by atoms with Crippen LogP contribution in [0.5, 0.6) is 0 Å². The lowest BCUT2D eigenvalue weighted by Crippen LogP contribution is -2.34. The Labute approximate surface area is 118 Å². The molecule has 104 valence electrons. The van der Waals surface area contributed by atoms with Crippen LogP contribution in [0.25, 0.3) is 0 Å². The van der Waals surface area contributed by atoms with Crippen LogP contribution in [-0.2, 0) is 9.47 Å². The molecule has 1 aromatic rings. The highest BCUT2D eigenvalue weighted by Gasteiger charge is 2.16. The van der Waals surface area contributed by atoms with Crippen LogP contribution in [0.15, 0.2) is 22.7 Å². The Bertz CT molecular complexity index is 476. The average molecular weight is 333 g/mol. The van der Waals surface area contributed by atoms with Crippen LogP contribution in [0.3, 0.4) is 0 Å². The molecule has 0 fully saturated rings. The third kappa shape index (κ3) is 4.27. The van der Waals surface area contributed by atoms with E-state index in [9.17, 15) is 14.9 Å². The van der Waals surface area contributed by atoms with Gasteiger partial charge in [-0.05, 0) is 22.0 Å². The highest BCUT2D eigenvalue weighted by Crippen LogP contribution is 2.22. The van der Waals surface area contributed by atoms with E-state index in [4.69, 9.17) is 9.47 Å². The molecule has 1 amide bonds. The van der Waals surface area contributed by atoms with Gasteiger partial charge in [0.25, 0.3) is 11.6 Å². The lowest BCUT2D eigenvalue weighted by Gasteiger charge is -2.14. The Hall–Kier alpha value is -1.51. The number of nitro groups is 1. The zero-order valence-corrected chi connectivity index (χ0v) is 12.0. The molecule has 7 nitrogen and oxygen atoms in total. The normalized spacial score (nSPS) is 10.5. The number of nitro benzene ring substituents is 1. The van der Waals surface area contributed by atoms with Crippen molar-refractivity contribution in [3.05, 3.63) is 38.3 Å². The molecule has 0 spiro atoms. The van der Waals surface area contributed by atoms with Crippen LogP contribution >= 0.6 is 15.9 Å². The van der Waals surface area contributed by atoms with Crippen molar-refractivity contribution >= 4 is 27.5 Å². The number of carbonyl (C=O) groups excluding carboxylic acids is 1. The smallest absolute Gasteiger partial charge is 0.270 e. The van der Waals surface area contributed by atoms with Gasteiger partial charge in [0.1, 0.15) is 0 Å². The van der Waals surface area contributed by atoms with Gasteiger partial charge in [-0.25, -0.2) is 0 Å². The molecule has 0 aliphatic rings. The second-order valence-electron chi connectivity index (χ2n) is 3.53. The summed E-state index contributed by atoms with van der Waals surface area (Å²) < 4.78 is 10.3. The lowest BCUT2D eigenvalue weighted by atomic mass is 10.2. The molecule has 1 aromatic carbocycles. The van der Waals surface area contributed by atoms with E-state index < -0.39 is 17.1 Å². The molecular weight excluding hydrogens is 320 g/mol. The van der Waals surface area contributed by atoms with Crippen LogP contribution in [0.1, 0.15) is 10.4 Å². The predicted molar refractivity (Wildman–Crippen MR) is 70.9 cm³/mol. The Morgan fingerprint density at radius 1 is 1.47 bits per heavy atom. The first kappa shape index (κ1) is 15.5. The number of methoxy groups -OCH3 is 2. The molecule has 0 radical (unpaired) electrons. The summed E-state index contributed by atoms with van der Waals surface area (Å²) in [4.78, 5) is 22.0. The monoisotopic (exact) mass is 332 g/mol. The van der Waals surface area contributed by atoms with Gasteiger partial charge in [-0.3, -0.25) is 14.9 Å². The van der Waals surface area contributed by atoms with E-state index in [0.29, 0.717) is 4.47 Å². The third-order valence-corrected chi connectivity index (χ3v) is 3.05. The van der Waals surface area contributed by atoms with Gasteiger partial charge >= 0.3 is 0 Å². The minimum absolute atomic E-state index is 0.140. The number of nitrogens with zero attached hydrogens (tertiary/aromatic N) is 1. The number of benzene rings is 1. The quantitative estimate of drug-likeness (QED) is 0.486. The average Bonchev–Trinajstić information content (AvgIpc) is 2.39. The van der Waals surface area contributed by atoms with Crippen molar-refractivity contribution in [1.29, 1.82) is 0 Å². The fourth-order valence-electron chi connectivity index (χ4n) is 1.33. The topological polar surface area (TPSA) is 90.7 Å². The van der Waals surface area contributed by atoms with Crippen LogP contribution in [0, 0.1) is 10.1 Å². The van der Waals surface area contributed by atoms with Gasteiger partial charge < -0.3 is 14.8 Å². The van der Waals surface area contributed by atoms with E-state index in [1.54, 1.807) is 0 Å². The van der Waals surface area contributed by atoms with E-state index in [2.05, 4.69) is 21.2 Å². The first-order valence-corrected chi connectivity index (χ1v) is 6.06. The van der Waals surface area contributed by atoms with Gasteiger partial charge in [-0.2, -0.15) is 0 Å². The van der Waals surface area contributed by atoms with E-state index in [1.807, 2.05) is 0 Å². The summed E-state index contributed by atoms with van der Waals surface area (Å²) in [6, 6.07) is 3.97. The fourth-order valence-corrected chi connectivity index (χ4v) is 1.76. The van der Waals surface area contributed by atoms with Crippen molar-refractivity contribution < 1.29 is 19.2 Å². The molecule has 0 aliphatic heterocycles. The molecule has 0 heterocycles. The maximum absolute atomic E-state index is 11.9. The summed E-state index contributed by atoms with van der Waals surface area (Å²) in [6.45, 7) is 0.140. The summed E-state index contributed by atoms with van der Waals surface area (Å²) in [5.41, 5.74) is 0.0311. The van der Waals surface area contributed by atoms with Crippen molar-refractivity contribution in [3.8, 4) is 0 Å². The maximum atomic E-state index is 11.9. The van der Waals surface area contributed by atoms with Crippen molar-refractivity contribution in [2.45, 2.75) is 6.29 Å². The molecule has 1 rings (SSSR count). The SMILES string of the molecule is COC(CNC(=O)c1cc([N+](=O)[O-])ccc1Br)OC. The fraction of sp³-hybridized carbons (Fsp3) is 0.364. The van der Waals surface area contributed by atoms with Crippen molar-refractivity contribution in [3.63, 3.8) is 0 Å². The first-order chi connectivity index (χ1) is 8.99. The van der Waals surface area contributed by atoms with Gasteiger partial charge in [-0.1, -0.05) is 0 Å². The van der Waals surface area contributed by atoms with E-state index in [1.165, 1.54) is 32.4 Å². The molecule has 1 N–H and O–H groups in total. The molecular formula is C11H13BrN2O5. The zero-order chi connectivity index (χ0) is 14.4. The van der Waals surface area contributed by atoms with Crippen molar-refractivity contribution in [1.82, 2.24) is 5.32 Å². The van der Waals surface area contributed by atoms with Crippen LogP contribution in [-0.4, -0.2) is 37.9 Å². The summed E-state index contributed by atoms with van der Waals surface area (Å²) in [6.07, 6.45) is -0.568. The number of rotatable bonds is 6. The Morgan fingerprint density at radius 2 is 2.11 bits per heavy atom. The molecule has 0 aromatic heterocycles. The zero-order valence-electron chi connectivity index (χ0n) is 10.4. The number of ether oxygens (including phenoxy) is 2. The summed E-state index contributed by atoms with van der Waals surface area (Å²) in [5, 5.41) is 13.2. The highest BCUT2D eigenvalue weighted by molar-refractivity contribution is 9.10. The van der Waals surface area contributed by atoms with Crippen molar-refractivity contribution in [2.24, 2.45) is 0 Å². The lowest BCUT2D eigenvalue weighted by molar-refractivity contribution is -0.384. The van der Waals surface area contributed by atoms with E-state index in [-0.39, 0.29) is 17.8 Å². The number of hydrogen-bond donors (Lipinski definition) is 1. The number of amides is 1. The van der Waals surface area contributed by atoms with Crippen LogP contribution in [0.4, 0.5) is 5.69 Å². The molecule has 0 saturated carbocycles. The maximum Gasteiger partial charge on any atom is 0.270 e. The van der Waals surface area contributed by atoms with Crippen molar-refractivity contribution in [2.75, 3.05) is 20.8 Å². The molecule has 8 heteroatoms. The second kappa shape index (κ2) is 7.17. The molecule has 0 atom stereocenters. The van der Waals surface area contributed by atoms with Crippen LogP contribution in [0.2, 0.25) is 0 Å². The summed E-state index contributed by atoms with van der Waals surface area (Å²) >= 11 is 3.18. The highest BCUT2D eigenvalue weighted by atomic mass is 79.9. The minimum Gasteiger partial charge on any atom is -0.354 e. The standard InChI is InChI=1S/C11H13BrN2O5/c1-18-10(19-2)6-13-11(15)8-5-7(14(16)17)3-4-9(8)12/h3-5,10H,6H2,1-2H3,(H,13,15). The van der Waals surface area contributed by atoms with Crippen LogP contribution < -0.4 is 5.32 Å². The molecule has 0 saturated heterocycles. The van der Waals surface area contributed by atoms with Gasteiger partial charge in [0.05, 0.1) is 17.0 Å². The van der Waals surface area contributed by atoms with Gasteiger partial charge in [0.15, 0.2) is 6.29 Å². The summed E-state index contributed by atoms with van der Waals surface area (Å²) in [7, 11) is 2.90. The number of hydrogen-bond acceptors (Lipinski definition) is 5. The first-order valence-electron chi connectivity index (χ1n) is 5.27. The molecule has 0 aliphatic carbocycles. The Kier molecular flexibility index (Phi) is 5.87. The minimum atomic E-state index is -0.568. The van der Waals surface area contributed by atoms with Gasteiger partial charge in [0, 0.05) is 30.8 Å². The van der Waals surface area contributed by atoms with Gasteiger partial charge in [0.2, 0.25) is 0 Å². The van der Waals surface area contributed by atoms with E-state index >= 15 is 0 Å². The number of carbonyl (C=O) groups is 1. The number of halogens is 1. The number of nitrogens with one attached hydrogen (secondary N) is 1. The Morgan fingerprint density at radius 3 is 2.63 bits per heavy atom. The molecule has 0 unspecified atom stereocenters. The van der Waals surface area contributed by atoms with Gasteiger partial charge in [-0.15, -0.1) is 0 Å². The van der Waals surface area contributed by atoms with E-state index in [0.717, 1.165) is 0 Å².